The molecule has 3 aliphatic rings. The molecule has 0 spiro atoms. The smallest absolute Gasteiger partial charge is 0.118 e. The fourth-order valence-corrected chi connectivity index (χ4v) is 8.72. The van der Waals surface area contributed by atoms with Crippen molar-refractivity contribution in [1.29, 1.82) is 0 Å². The first-order valence-corrected chi connectivity index (χ1v) is 9.00. The van der Waals surface area contributed by atoms with Gasteiger partial charge in [0.25, 0.3) is 0 Å². The number of hydrogen-bond acceptors (Lipinski definition) is 0. The standard InChI is InChI=1S/C10H2Cl10/c11-1-2(12)9(19)7(17)4(14)5(15)8(18,6(7)16)10(9,20)3(1)13/h2,6H/t2-,6+,7+,8-,9+,10-/m1/s1. The molecule has 20 heavy (non-hydrogen) atoms. The van der Waals surface area contributed by atoms with Gasteiger partial charge in [-0.1, -0.05) is 46.4 Å². The van der Waals surface area contributed by atoms with Crippen molar-refractivity contribution in [2.24, 2.45) is 0 Å². The molecule has 112 valence electrons. The second-order valence-corrected chi connectivity index (χ2v) is 9.58. The van der Waals surface area contributed by atoms with Gasteiger partial charge in [0.1, 0.15) is 19.5 Å². The van der Waals surface area contributed by atoms with Gasteiger partial charge in [-0.05, 0) is 0 Å². The Hall–Kier alpha value is 2.38. The Morgan fingerprint density at radius 1 is 0.700 bits per heavy atom. The van der Waals surface area contributed by atoms with Crippen molar-refractivity contribution >= 4 is 116 Å². The average Bonchev–Trinajstić information content (AvgIpc) is 2.70. The van der Waals surface area contributed by atoms with Crippen molar-refractivity contribution in [1.82, 2.24) is 0 Å². The van der Waals surface area contributed by atoms with Crippen molar-refractivity contribution in [3.63, 3.8) is 0 Å². The SMILES string of the molecule is ClC1=C(Cl)[C@]2(Cl)[C@](Cl)([C@@H]1Cl)[C@]1(Cl)C(Cl)=C(Cl)[C@@]2(Cl)[C@H]1Cl. The number of alkyl halides is 6. The van der Waals surface area contributed by atoms with Crippen LogP contribution in [0.4, 0.5) is 0 Å². The molecule has 0 amide bonds. The lowest BCUT2D eigenvalue weighted by atomic mass is 9.82. The predicted octanol–water partition coefficient (Wildman–Crippen LogP) is 6.53. The maximum Gasteiger partial charge on any atom is 0.130 e. The lowest BCUT2D eigenvalue weighted by Crippen LogP contribution is -2.61. The van der Waals surface area contributed by atoms with E-state index in [0.29, 0.717) is 0 Å². The van der Waals surface area contributed by atoms with Crippen molar-refractivity contribution < 1.29 is 0 Å². The van der Waals surface area contributed by atoms with Crippen molar-refractivity contribution in [3.8, 4) is 0 Å². The van der Waals surface area contributed by atoms with Crippen LogP contribution in [-0.4, -0.2) is 30.3 Å². The van der Waals surface area contributed by atoms with Crippen LogP contribution < -0.4 is 0 Å². The Labute approximate surface area is 165 Å². The second kappa shape index (κ2) is 4.51. The van der Waals surface area contributed by atoms with Gasteiger partial charge >= 0.3 is 0 Å². The van der Waals surface area contributed by atoms with Crippen LogP contribution in [0.25, 0.3) is 0 Å². The zero-order valence-electron chi connectivity index (χ0n) is 8.93. The summed E-state index contributed by atoms with van der Waals surface area (Å²) in [6, 6.07) is 0. The summed E-state index contributed by atoms with van der Waals surface area (Å²) >= 11 is 64.0. The zero-order valence-corrected chi connectivity index (χ0v) is 16.5. The molecule has 0 aromatic rings. The largest absolute Gasteiger partial charge is 0.130 e. The molecule has 0 aromatic heterocycles. The molecule has 2 bridgehead atoms. The highest BCUT2D eigenvalue weighted by atomic mass is 35.5. The topological polar surface area (TPSA) is 0 Å². The van der Waals surface area contributed by atoms with Crippen LogP contribution in [0.1, 0.15) is 0 Å². The van der Waals surface area contributed by atoms with Crippen LogP contribution in [0.3, 0.4) is 0 Å². The Balaban J connectivity index is 2.46. The number of hydrogen-bond donors (Lipinski definition) is 0. The molecule has 0 nitrogen and oxygen atoms in total. The molecule has 3 aliphatic carbocycles. The number of allylic oxidation sites excluding steroid dienone is 4. The molecular formula is C10H2Cl10. The molecule has 0 unspecified atom stereocenters. The highest BCUT2D eigenvalue weighted by Crippen LogP contribution is 2.82. The highest BCUT2D eigenvalue weighted by molar-refractivity contribution is 6.66. The molecule has 0 aliphatic heterocycles. The summed E-state index contributed by atoms with van der Waals surface area (Å²) in [5.41, 5.74) is 0. The minimum absolute atomic E-state index is 0.00333. The van der Waals surface area contributed by atoms with E-state index in [9.17, 15) is 0 Å². The zero-order chi connectivity index (χ0) is 15.5. The van der Waals surface area contributed by atoms with Crippen LogP contribution in [0.15, 0.2) is 20.1 Å². The Bertz CT molecular complexity index is 597. The number of halogens is 10. The van der Waals surface area contributed by atoms with Gasteiger partial charge in [-0.15, -0.1) is 69.6 Å². The van der Waals surface area contributed by atoms with E-state index in [1.54, 1.807) is 0 Å². The summed E-state index contributed by atoms with van der Waals surface area (Å²) in [6.07, 6.45) is 0. The summed E-state index contributed by atoms with van der Waals surface area (Å²) in [7, 11) is 0. The van der Waals surface area contributed by atoms with Crippen LogP contribution in [0.2, 0.25) is 0 Å². The van der Waals surface area contributed by atoms with Gasteiger partial charge in [0, 0.05) is 0 Å². The first kappa shape index (κ1) is 17.2. The number of rotatable bonds is 0. The molecule has 6 atom stereocenters. The fourth-order valence-electron chi connectivity index (χ4n) is 3.13. The van der Waals surface area contributed by atoms with Crippen LogP contribution in [-0.2, 0) is 0 Å². The minimum atomic E-state index is -1.67. The van der Waals surface area contributed by atoms with E-state index in [1.165, 1.54) is 0 Å². The van der Waals surface area contributed by atoms with Gasteiger partial charge in [-0.25, -0.2) is 0 Å². The number of fused-ring (bicyclic) bond motifs is 5. The summed E-state index contributed by atoms with van der Waals surface area (Å²) in [5, 5.41) is -2.02. The predicted molar refractivity (Wildman–Crippen MR) is 91.1 cm³/mol. The van der Waals surface area contributed by atoms with Crippen LogP contribution in [0.5, 0.6) is 0 Å². The van der Waals surface area contributed by atoms with E-state index < -0.39 is 30.3 Å². The van der Waals surface area contributed by atoms with E-state index in [1.807, 2.05) is 0 Å². The molecule has 10 heteroatoms. The molecule has 1 fully saturated rings. The van der Waals surface area contributed by atoms with Gasteiger partial charge in [-0.2, -0.15) is 0 Å². The highest BCUT2D eigenvalue weighted by Gasteiger charge is 2.91. The molecule has 3 rings (SSSR count). The van der Waals surface area contributed by atoms with Crippen molar-refractivity contribution in [3.05, 3.63) is 20.1 Å². The van der Waals surface area contributed by atoms with Crippen molar-refractivity contribution in [2.45, 2.75) is 30.3 Å². The van der Waals surface area contributed by atoms with Crippen LogP contribution >= 0.6 is 116 Å². The average molecular weight is 477 g/mol. The maximum absolute atomic E-state index is 6.68. The monoisotopic (exact) mass is 472 g/mol. The molecule has 1 saturated carbocycles. The van der Waals surface area contributed by atoms with Gasteiger partial charge < -0.3 is 0 Å². The quantitative estimate of drug-likeness (QED) is 0.349. The molecule has 0 aromatic carbocycles. The van der Waals surface area contributed by atoms with Gasteiger partial charge in [0.2, 0.25) is 0 Å². The fraction of sp³-hybridized carbons (Fsp3) is 0.600. The van der Waals surface area contributed by atoms with Gasteiger partial charge in [0.15, 0.2) is 0 Å². The maximum atomic E-state index is 6.68. The van der Waals surface area contributed by atoms with Crippen molar-refractivity contribution in [2.75, 3.05) is 0 Å². The summed E-state index contributed by atoms with van der Waals surface area (Å²) in [4.78, 5) is -6.50. The molecule has 0 heterocycles. The van der Waals surface area contributed by atoms with E-state index in [2.05, 4.69) is 0 Å². The molecule has 0 N–H and O–H groups in total. The normalized spacial score (nSPS) is 57.9. The summed E-state index contributed by atoms with van der Waals surface area (Å²) in [5.74, 6) is 0. The third-order valence-electron chi connectivity index (χ3n) is 4.15. The third kappa shape index (κ3) is 1.28. The second-order valence-electron chi connectivity index (χ2n) is 4.81. The first-order valence-electron chi connectivity index (χ1n) is 5.10. The Morgan fingerprint density at radius 3 is 1.65 bits per heavy atom. The Morgan fingerprint density at radius 2 is 1.15 bits per heavy atom. The Kier molecular flexibility index (Phi) is 3.88. The first-order chi connectivity index (χ1) is 8.95. The van der Waals surface area contributed by atoms with E-state index in [4.69, 9.17) is 116 Å². The van der Waals surface area contributed by atoms with E-state index in [0.717, 1.165) is 0 Å². The van der Waals surface area contributed by atoms with Gasteiger partial charge in [0.05, 0.1) is 30.9 Å². The molecule has 0 radical (unpaired) electrons. The van der Waals surface area contributed by atoms with E-state index in [-0.39, 0.29) is 20.1 Å². The van der Waals surface area contributed by atoms with E-state index >= 15 is 0 Å². The third-order valence-corrected chi connectivity index (χ3v) is 11.4. The lowest BCUT2D eigenvalue weighted by molar-refractivity contribution is 0.481. The minimum Gasteiger partial charge on any atom is -0.118 e. The summed E-state index contributed by atoms with van der Waals surface area (Å²) < 4.78 is 0. The lowest BCUT2D eigenvalue weighted by Gasteiger charge is -2.47. The van der Waals surface area contributed by atoms with Crippen LogP contribution in [0, 0.1) is 0 Å². The molecule has 0 saturated heterocycles. The summed E-state index contributed by atoms with van der Waals surface area (Å²) in [6.45, 7) is 0. The molecular weight excluding hydrogens is 475 g/mol. The van der Waals surface area contributed by atoms with Gasteiger partial charge in [-0.3, -0.25) is 0 Å².